The number of nitrogens with zero attached hydrogens (tertiary/aromatic N) is 2. The minimum Gasteiger partial charge on any atom is -0.334 e. The van der Waals surface area contributed by atoms with Crippen molar-refractivity contribution in [1.29, 1.82) is 0 Å². The van der Waals surface area contributed by atoms with Crippen LogP contribution in [0.4, 0.5) is 5.69 Å². The molecule has 0 atom stereocenters. The lowest BCUT2D eigenvalue weighted by molar-refractivity contribution is -0.384. The van der Waals surface area contributed by atoms with Gasteiger partial charge in [0.2, 0.25) is 5.91 Å². The van der Waals surface area contributed by atoms with Crippen LogP contribution in [0.2, 0.25) is 4.34 Å². The first kappa shape index (κ1) is 17.2. The van der Waals surface area contributed by atoms with Gasteiger partial charge in [0.25, 0.3) is 5.69 Å². The number of amides is 1. The Morgan fingerprint density at radius 2 is 2.00 bits per heavy atom. The fourth-order valence-corrected chi connectivity index (χ4v) is 3.16. The first-order valence-electron chi connectivity index (χ1n) is 6.86. The van der Waals surface area contributed by atoms with E-state index in [2.05, 4.69) is 6.58 Å². The van der Waals surface area contributed by atoms with Gasteiger partial charge in [-0.3, -0.25) is 14.9 Å². The number of halogens is 1. The van der Waals surface area contributed by atoms with Gasteiger partial charge in [-0.2, -0.15) is 0 Å². The summed E-state index contributed by atoms with van der Waals surface area (Å²) in [4.78, 5) is 25.3. The van der Waals surface area contributed by atoms with Crippen molar-refractivity contribution in [2.24, 2.45) is 0 Å². The zero-order chi connectivity index (χ0) is 16.8. The van der Waals surface area contributed by atoms with E-state index in [1.807, 2.05) is 6.07 Å². The zero-order valence-electron chi connectivity index (χ0n) is 12.3. The standard InChI is InChI=1S/C16H15ClN2O3S/c1-2-9-18(11-14-7-8-15(17)23-14)16(20)10-12-3-5-13(6-4-12)19(21)22/h2-8H,1,9-11H2. The van der Waals surface area contributed by atoms with E-state index in [1.54, 1.807) is 29.2 Å². The number of carbonyl (C=O) groups is 1. The van der Waals surface area contributed by atoms with Crippen LogP contribution in [0.1, 0.15) is 10.4 Å². The van der Waals surface area contributed by atoms with E-state index in [-0.39, 0.29) is 18.0 Å². The Morgan fingerprint density at radius 3 is 2.52 bits per heavy atom. The van der Waals surface area contributed by atoms with Gasteiger partial charge >= 0.3 is 0 Å². The number of rotatable bonds is 7. The van der Waals surface area contributed by atoms with Crippen LogP contribution in [0.25, 0.3) is 0 Å². The third kappa shape index (κ3) is 4.91. The third-order valence-electron chi connectivity index (χ3n) is 3.18. The summed E-state index contributed by atoms with van der Waals surface area (Å²) in [6.07, 6.45) is 1.86. The average Bonchev–Trinajstić information content (AvgIpc) is 2.92. The Labute approximate surface area is 143 Å². The van der Waals surface area contributed by atoms with Gasteiger partial charge < -0.3 is 4.90 Å². The summed E-state index contributed by atoms with van der Waals surface area (Å²) >= 11 is 7.34. The van der Waals surface area contributed by atoms with Crippen LogP contribution in [0.3, 0.4) is 0 Å². The molecule has 120 valence electrons. The molecule has 1 aromatic heterocycles. The van der Waals surface area contributed by atoms with Crippen molar-refractivity contribution in [2.75, 3.05) is 6.54 Å². The molecule has 2 aromatic rings. The van der Waals surface area contributed by atoms with Gasteiger partial charge in [-0.05, 0) is 17.7 Å². The van der Waals surface area contributed by atoms with E-state index in [9.17, 15) is 14.9 Å². The first-order valence-corrected chi connectivity index (χ1v) is 8.05. The highest BCUT2D eigenvalue weighted by Crippen LogP contribution is 2.23. The van der Waals surface area contributed by atoms with Gasteiger partial charge in [-0.15, -0.1) is 17.9 Å². The monoisotopic (exact) mass is 350 g/mol. The summed E-state index contributed by atoms with van der Waals surface area (Å²) in [6.45, 7) is 4.58. The van der Waals surface area contributed by atoms with Crippen molar-refractivity contribution in [3.05, 3.63) is 73.9 Å². The van der Waals surface area contributed by atoms with Crippen molar-refractivity contribution in [2.45, 2.75) is 13.0 Å². The lowest BCUT2D eigenvalue weighted by atomic mass is 10.1. The molecular formula is C16H15ClN2O3S. The summed E-state index contributed by atoms with van der Waals surface area (Å²) in [5.41, 5.74) is 0.747. The van der Waals surface area contributed by atoms with Crippen molar-refractivity contribution in [1.82, 2.24) is 4.90 Å². The van der Waals surface area contributed by atoms with Crippen LogP contribution in [0.15, 0.2) is 49.1 Å². The fourth-order valence-electron chi connectivity index (χ4n) is 2.06. The topological polar surface area (TPSA) is 63.5 Å². The molecule has 5 nitrogen and oxygen atoms in total. The number of nitro groups is 1. The normalized spacial score (nSPS) is 10.3. The molecule has 0 aliphatic heterocycles. The lowest BCUT2D eigenvalue weighted by Crippen LogP contribution is -2.31. The minimum absolute atomic E-state index is 0.0115. The Kier molecular flexibility index (Phi) is 5.90. The Balaban J connectivity index is 2.05. The van der Waals surface area contributed by atoms with E-state index in [0.29, 0.717) is 17.4 Å². The highest BCUT2D eigenvalue weighted by Gasteiger charge is 2.15. The third-order valence-corrected chi connectivity index (χ3v) is 4.40. The van der Waals surface area contributed by atoms with Crippen molar-refractivity contribution in [3.8, 4) is 0 Å². The number of carbonyl (C=O) groups excluding carboxylic acids is 1. The molecule has 0 aliphatic rings. The number of nitro benzene ring substituents is 1. The van der Waals surface area contributed by atoms with Crippen LogP contribution >= 0.6 is 22.9 Å². The average molecular weight is 351 g/mol. The molecule has 1 amide bonds. The molecule has 0 bridgehead atoms. The van der Waals surface area contributed by atoms with Crippen LogP contribution in [0, 0.1) is 10.1 Å². The SMILES string of the molecule is C=CCN(Cc1ccc(Cl)s1)C(=O)Cc1ccc([N+](=O)[O-])cc1. The van der Waals surface area contributed by atoms with Gasteiger partial charge in [0.1, 0.15) is 0 Å². The summed E-state index contributed by atoms with van der Waals surface area (Å²) < 4.78 is 0.682. The highest BCUT2D eigenvalue weighted by molar-refractivity contribution is 7.16. The molecule has 0 N–H and O–H groups in total. The molecule has 1 heterocycles. The Morgan fingerprint density at radius 1 is 1.30 bits per heavy atom. The van der Waals surface area contributed by atoms with Gasteiger partial charge in [0.05, 0.1) is 22.2 Å². The second-order valence-corrected chi connectivity index (χ2v) is 6.67. The number of benzene rings is 1. The fraction of sp³-hybridized carbons (Fsp3) is 0.188. The predicted octanol–water partition coefficient (Wildman–Crippen LogP) is 4.07. The summed E-state index contributed by atoms with van der Waals surface area (Å²) in [6, 6.07) is 9.70. The molecule has 0 spiro atoms. The maximum Gasteiger partial charge on any atom is 0.269 e. The summed E-state index contributed by atoms with van der Waals surface area (Å²) in [5, 5.41) is 10.6. The van der Waals surface area contributed by atoms with Gasteiger partial charge in [-0.1, -0.05) is 29.8 Å². The minimum atomic E-state index is -0.462. The molecule has 0 radical (unpaired) electrons. The smallest absolute Gasteiger partial charge is 0.269 e. The van der Waals surface area contributed by atoms with E-state index in [1.165, 1.54) is 23.5 Å². The summed E-state index contributed by atoms with van der Waals surface area (Å²) in [5.74, 6) is -0.0664. The molecule has 0 fully saturated rings. The number of hydrogen-bond donors (Lipinski definition) is 0. The van der Waals surface area contributed by atoms with Crippen molar-refractivity contribution in [3.63, 3.8) is 0 Å². The van der Waals surface area contributed by atoms with Crippen molar-refractivity contribution < 1.29 is 9.72 Å². The van der Waals surface area contributed by atoms with E-state index in [4.69, 9.17) is 11.6 Å². The van der Waals surface area contributed by atoms with Crippen LogP contribution < -0.4 is 0 Å². The zero-order valence-corrected chi connectivity index (χ0v) is 13.8. The molecule has 7 heteroatoms. The maximum absolute atomic E-state index is 12.4. The maximum atomic E-state index is 12.4. The lowest BCUT2D eigenvalue weighted by Gasteiger charge is -2.20. The van der Waals surface area contributed by atoms with Gasteiger partial charge in [-0.25, -0.2) is 0 Å². The first-order chi connectivity index (χ1) is 11.0. The largest absolute Gasteiger partial charge is 0.334 e. The Hall–Kier alpha value is -2.18. The van der Waals surface area contributed by atoms with Gasteiger partial charge in [0.15, 0.2) is 0 Å². The van der Waals surface area contributed by atoms with E-state index >= 15 is 0 Å². The van der Waals surface area contributed by atoms with Crippen LogP contribution in [-0.4, -0.2) is 22.3 Å². The van der Waals surface area contributed by atoms with E-state index in [0.717, 1.165) is 10.4 Å². The highest BCUT2D eigenvalue weighted by atomic mass is 35.5. The molecule has 23 heavy (non-hydrogen) atoms. The number of thiophene rings is 1. The predicted molar refractivity (Wildman–Crippen MR) is 91.7 cm³/mol. The molecule has 0 aliphatic carbocycles. The second kappa shape index (κ2) is 7.89. The molecule has 1 aromatic carbocycles. The van der Waals surface area contributed by atoms with Gasteiger partial charge in [0, 0.05) is 23.6 Å². The van der Waals surface area contributed by atoms with Crippen LogP contribution in [-0.2, 0) is 17.8 Å². The van der Waals surface area contributed by atoms with Crippen molar-refractivity contribution >= 4 is 34.5 Å². The number of non-ortho nitro benzene ring substituents is 1. The molecular weight excluding hydrogens is 336 g/mol. The molecule has 2 rings (SSSR count). The number of hydrogen-bond acceptors (Lipinski definition) is 4. The van der Waals surface area contributed by atoms with E-state index < -0.39 is 4.92 Å². The molecule has 0 unspecified atom stereocenters. The van der Waals surface area contributed by atoms with Crippen LogP contribution in [0.5, 0.6) is 0 Å². The summed E-state index contributed by atoms with van der Waals surface area (Å²) in [7, 11) is 0. The second-order valence-electron chi connectivity index (χ2n) is 4.87. The quantitative estimate of drug-likeness (QED) is 0.429. The Bertz CT molecular complexity index is 712. The molecule has 0 saturated carbocycles. The molecule has 0 saturated heterocycles.